The Morgan fingerprint density at radius 2 is 1.79 bits per heavy atom. The zero-order valence-electron chi connectivity index (χ0n) is 8.26. The van der Waals surface area contributed by atoms with E-state index in [2.05, 4.69) is 4.31 Å². The first kappa shape index (κ1) is 9.31. The minimum atomic E-state index is -0.792. The first-order valence-electron chi connectivity index (χ1n) is 5.64. The molecule has 0 spiro atoms. The topological polar surface area (TPSA) is 40.5 Å². The van der Waals surface area contributed by atoms with Crippen molar-refractivity contribution in [1.82, 2.24) is 4.31 Å². The summed E-state index contributed by atoms with van der Waals surface area (Å²) in [5.74, 6) is 0. The van der Waals surface area contributed by atoms with Gasteiger partial charge in [-0.3, -0.25) is 0 Å². The maximum absolute atomic E-state index is 12.1. The van der Waals surface area contributed by atoms with E-state index >= 15 is 0 Å². The highest BCUT2D eigenvalue weighted by Crippen LogP contribution is 2.40. The molecule has 0 radical (unpaired) electrons. The van der Waals surface area contributed by atoms with Gasteiger partial charge in [-0.1, -0.05) is 0 Å². The van der Waals surface area contributed by atoms with Crippen LogP contribution in [0.1, 0.15) is 38.5 Å². The Bertz CT molecular complexity index is 267. The van der Waals surface area contributed by atoms with Crippen molar-refractivity contribution in [2.24, 2.45) is 0 Å². The molecule has 1 N–H and O–H groups in total. The predicted octanol–water partition coefficient (Wildman–Crippen LogP) is 0.800. The summed E-state index contributed by atoms with van der Waals surface area (Å²) in [6.07, 6.45) is 6.16. The van der Waals surface area contributed by atoms with Gasteiger partial charge in [0.1, 0.15) is 0 Å². The van der Waals surface area contributed by atoms with Crippen LogP contribution in [0.5, 0.6) is 0 Å². The SMILES string of the molecule is O=S(C1CC1)N1C2CCC(O)[C@@H]1CC2. The van der Waals surface area contributed by atoms with Crippen LogP contribution in [0, 0.1) is 0 Å². The lowest BCUT2D eigenvalue weighted by Gasteiger charge is -2.36. The minimum Gasteiger partial charge on any atom is -0.391 e. The largest absolute Gasteiger partial charge is 0.391 e. The molecule has 0 aromatic heterocycles. The molecular formula is C10H17NO2S. The average molecular weight is 215 g/mol. The number of aliphatic hydroxyl groups is 1. The van der Waals surface area contributed by atoms with Gasteiger partial charge in [0, 0.05) is 17.3 Å². The van der Waals surface area contributed by atoms with Crippen LogP contribution in [0.25, 0.3) is 0 Å². The van der Waals surface area contributed by atoms with Crippen molar-refractivity contribution in [1.29, 1.82) is 0 Å². The fraction of sp³-hybridized carbons (Fsp3) is 1.00. The van der Waals surface area contributed by atoms with E-state index in [0.29, 0.717) is 11.3 Å². The van der Waals surface area contributed by atoms with E-state index in [9.17, 15) is 9.32 Å². The van der Waals surface area contributed by atoms with Crippen LogP contribution < -0.4 is 0 Å². The highest BCUT2D eigenvalue weighted by molar-refractivity contribution is 7.83. The molecule has 3 rings (SSSR count). The summed E-state index contributed by atoms with van der Waals surface area (Å²) in [5, 5.41) is 10.3. The van der Waals surface area contributed by atoms with E-state index in [1.54, 1.807) is 0 Å². The van der Waals surface area contributed by atoms with Gasteiger partial charge in [0.2, 0.25) is 0 Å². The summed E-state index contributed by atoms with van der Waals surface area (Å²) < 4.78 is 14.2. The Balaban J connectivity index is 1.80. The third-order valence-corrected chi connectivity index (χ3v) is 5.77. The molecule has 3 aliphatic rings. The van der Waals surface area contributed by atoms with E-state index in [1.807, 2.05) is 0 Å². The van der Waals surface area contributed by atoms with Crippen molar-refractivity contribution in [3.05, 3.63) is 0 Å². The smallest absolute Gasteiger partial charge is 0.0980 e. The highest BCUT2D eigenvalue weighted by atomic mass is 32.2. The molecule has 4 atom stereocenters. The molecular weight excluding hydrogens is 198 g/mol. The summed E-state index contributed by atoms with van der Waals surface area (Å²) in [6, 6.07) is 0.708. The molecule has 0 amide bonds. The maximum atomic E-state index is 12.1. The summed E-state index contributed by atoms with van der Waals surface area (Å²) in [6.45, 7) is 0. The van der Waals surface area contributed by atoms with Crippen LogP contribution in [0.4, 0.5) is 0 Å². The van der Waals surface area contributed by atoms with Crippen LogP contribution in [-0.2, 0) is 11.0 Å². The van der Waals surface area contributed by atoms with Crippen molar-refractivity contribution in [2.45, 2.75) is 62.0 Å². The number of hydrogen-bond donors (Lipinski definition) is 1. The summed E-state index contributed by atoms with van der Waals surface area (Å²) in [7, 11) is -0.792. The molecule has 2 saturated heterocycles. The van der Waals surface area contributed by atoms with Gasteiger partial charge < -0.3 is 5.11 Å². The molecule has 1 saturated carbocycles. The standard InChI is InChI=1S/C10H17NO2S/c12-10-6-2-7-1-5-9(10)11(7)14(13)8-3-4-8/h7-10,12H,1-6H2/t7?,9-,10?,14?/m0/s1. The molecule has 80 valence electrons. The fourth-order valence-electron chi connectivity index (χ4n) is 2.80. The third-order valence-electron chi connectivity index (χ3n) is 3.74. The summed E-state index contributed by atoms with van der Waals surface area (Å²) >= 11 is 0. The van der Waals surface area contributed by atoms with Gasteiger partial charge in [0.25, 0.3) is 0 Å². The van der Waals surface area contributed by atoms with Crippen LogP contribution in [-0.4, -0.2) is 37.1 Å². The lowest BCUT2D eigenvalue weighted by Crippen LogP contribution is -2.48. The molecule has 3 nitrogen and oxygen atoms in total. The Kier molecular flexibility index (Phi) is 2.18. The Hall–Kier alpha value is 0.0700. The van der Waals surface area contributed by atoms with E-state index in [4.69, 9.17) is 0 Å². The van der Waals surface area contributed by atoms with E-state index in [0.717, 1.165) is 38.5 Å². The lowest BCUT2D eigenvalue weighted by atomic mass is 10.0. The van der Waals surface area contributed by atoms with Gasteiger partial charge in [-0.05, 0) is 38.5 Å². The van der Waals surface area contributed by atoms with Crippen LogP contribution in [0.3, 0.4) is 0 Å². The number of piperidine rings is 1. The first-order chi connectivity index (χ1) is 6.77. The number of nitrogens with zero attached hydrogens (tertiary/aromatic N) is 1. The van der Waals surface area contributed by atoms with Gasteiger partial charge >= 0.3 is 0 Å². The lowest BCUT2D eigenvalue weighted by molar-refractivity contribution is 0.0608. The second-order valence-corrected chi connectivity index (χ2v) is 6.42. The van der Waals surface area contributed by atoms with Gasteiger partial charge in [0.05, 0.1) is 17.1 Å². The van der Waals surface area contributed by atoms with Crippen molar-refractivity contribution in [3.8, 4) is 0 Å². The molecule has 0 aromatic rings. The van der Waals surface area contributed by atoms with Gasteiger partial charge in [-0.15, -0.1) is 0 Å². The van der Waals surface area contributed by atoms with Crippen molar-refractivity contribution >= 4 is 11.0 Å². The zero-order valence-corrected chi connectivity index (χ0v) is 9.08. The molecule has 1 aliphatic carbocycles. The second-order valence-electron chi connectivity index (χ2n) is 4.78. The highest BCUT2D eigenvalue weighted by Gasteiger charge is 2.47. The number of fused-ring (bicyclic) bond motifs is 2. The van der Waals surface area contributed by atoms with Crippen LogP contribution in [0.2, 0.25) is 0 Å². The number of rotatable bonds is 2. The van der Waals surface area contributed by atoms with Crippen LogP contribution >= 0.6 is 0 Å². The van der Waals surface area contributed by atoms with Crippen molar-refractivity contribution < 1.29 is 9.32 Å². The molecule has 0 aromatic carbocycles. The molecule has 14 heavy (non-hydrogen) atoms. The quantitative estimate of drug-likeness (QED) is 0.740. The zero-order chi connectivity index (χ0) is 9.71. The Labute approximate surface area is 87.1 Å². The Morgan fingerprint density at radius 3 is 2.50 bits per heavy atom. The Morgan fingerprint density at radius 1 is 1.07 bits per heavy atom. The van der Waals surface area contributed by atoms with Crippen molar-refractivity contribution in [3.63, 3.8) is 0 Å². The molecule has 2 bridgehead atoms. The fourth-order valence-corrected chi connectivity index (χ4v) is 4.70. The molecule has 3 fully saturated rings. The van der Waals surface area contributed by atoms with Crippen LogP contribution in [0.15, 0.2) is 0 Å². The average Bonchev–Trinajstić information content (AvgIpc) is 2.95. The third kappa shape index (κ3) is 1.35. The monoisotopic (exact) mass is 215 g/mol. The van der Waals surface area contributed by atoms with E-state index in [-0.39, 0.29) is 12.1 Å². The molecule has 3 unspecified atom stereocenters. The molecule has 2 heterocycles. The maximum Gasteiger partial charge on any atom is 0.0980 e. The minimum absolute atomic E-state index is 0.204. The molecule has 2 aliphatic heterocycles. The van der Waals surface area contributed by atoms with Gasteiger partial charge in [-0.2, -0.15) is 0 Å². The van der Waals surface area contributed by atoms with Gasteiger partial charge in [-0.25, -0.2) is 8.51 Å². The first-order valence-corrected chi connectivity index (χ1v) is 6.81. The van der Waals surface area contributed by atoms with Crippen molar-refractivity contribution in [2.75, 3.05) is 0 Å². The van der Waals surface area contributed by atoms with E-state index < -0.39 is 11.0 Å². The normalized spacial score (nSPS) is 45.4. The van der Waals surface area contributed by atoms with E-state index in [1.165, 1.54) is 0 Å². The van der Waals surface area contributed by atoms with Gasteiger partial charge in [0.15, 0.2) is 0 Å². The second kappa shape index (κ2) is 3.29. The molecule has 4 heteroatoms. The predicted molar refractivity (Wildman–Crippen MR) is 55.1 cm³/mol. The summed E-state index contributed by atoms with van der Waals surface area (Å²) in [5.41, 5.74) is 0. The summed E-state index contributed by atoms with van der Waals surface area (Å²) in [4.78, 5) is 0. The number of hydrogen-bond acceptors (Lipinski definition) is 2. The number of aliphatic hydroxyl groups excluding tert-OH is 1.